The van der Waals surface area contributed by atoms with Gasteiger partial charge in [-0.1, -0.05) is 30.3 Å². The molecule has 21 heavy (non-hydrogen) atoms. The molecule has 6 heteroatoms. The van der Waals surface area contributed by atoms with Crippen molar-refractivity contribution in [1.29, 1.82) is 0 Å². The van der Waals surface area contributed by atoms with E-state index in [1.54, 1.807) is 12.1 Å². The Balaban J connectivity index is 2.33. The summed E-state index contributed by atoms with van der Waals surface area (Å²) >= 11 is 0. The van der Waals surface area contributed by atoms with E-state index in [0.717, 1.165) is 11.6 Å². The van der Waals surface area contributed by atoms with Gasteiger partial charge in [0.05, 0.1) is 5.56 Å². The van der Waals surface area contributed by atoms with Crippen LogP contribution < -0.4 is 5.73 Å². The van der Waals surface area contributed by atoms with Crippen LogP contribution in [0.5, 0.6) is 0 Å². The molecular formula is C15H11F4NO. The van der Waals surface area contributed by atoms with Gasteiger partial charge in [-0.05, 0) is 17.7 Å². The maximum atomic E-state index is 13.5. The number of hydrogen-bond acceptors (Lipinski definition) is 2. The van der Waals surface area contributed by atoms with Gasteiger partial charge in [-0.25, -0.2) is 4.39 Å². The smallest absolute Gasteiger partial charge is 0.326 e. The number of carbonyl (C=O) groups excluding carboxylic acids is 1. The molecule has 0 saturated heterocycles. The molecule has 0 aromatic heterocycles. The minimum atomic E-state index is -4.78. The van der Waals surface area contributed by atoms with Gasteiger partial charge in [0.1, 0.15) is 5.82 Å². The zero-order valence-corrected chi connectivity index (χ0v) is 10.7. The highest BCUT2D eigenvalue weighted by Crippen LogP contribution is 2.31. The van der Waals surface area contributed by atoms with E-state index in [9.17, 15) is 22.4 Å². The van der Waals surface area contributed by atoms with Crippen LogP contribution in [-0.2, 0) is 12.7 Å². The summed E-state index contributed by atoms with van der Waals surface area (Å²) in [4.78, 5) is 12.1. The van der Waals surface area contributed by atoms with E-state index in [1.165, 1.54) is 12.1 Å². The van der Waals surface area contributed by atoms with Gasteiger partial charge in [-0.15, -0.1) is 0 Å². The number of benzene rings is 2. The topological polar surface area (TPSA) is 43.1 Å². The van der Waals surface area contributed by atoms with Crippen LogP contribution in [0.2, 0.25) is 0 Å². The highest BCUT2D eigenvalue weighted by Gasteiger charge is 2.34. The summed E-state index contributed by atoms with van der Waals surface area (Å²) in [6.07, 6.45) is -4.78. The number of carbonyl (C=O) groups is 1. The molecule has 0 bridgehead atoms. The fourth-order valence-corrected chi connectivity index (χ4v) is 1.85. The SMILES string of the molecule is NCc1ccc(C(=O)c2ccc(C(F)(F)F)c(F)c2)cc1. The minimum absolute atomic E-state index is 0.138. The van der Waals surface area contributed by atoms with E-state index in [0.29, 0.717) is 18.7 Å². The minimum Gasteiger partial charge on any atom is -0.326 e. The predicted octanol–water partition coefficient (Wildman–Crippen LogP) is 3.53. The summed E-state index contributed by atoms with van der Waals surface area (Å²) in [6.45, 7) is 0.309. The third kappa shape index (κ3) is 3.28. The number of nitrogens with two attached hydrogens (primary N) is 1. The molecular weight excluding hydrogens is 286 g/mol. The first-order valence-corrected chi connectivity index (χ1v) is 6.03. The Morgan fingerprint density at radius 2 is 1.57 bits per heavy atom. The van der Waals surface area contributed by atoms with Crippen LogP contribution in [0.15, 0.2) is 42.5 Å². The third-order valence-corrected chi connectivity index (χ3v) is 2.99. The molecule has 2 N–H and O–H groups in total. The molecule has 0 aliphatic carbocycles. The molecule has 0 radical (unpaired) electrons. The number of rotatable bonds is 3. The molecule has 2 aromatic carbocycles. The average molecular weight is 297 g/mol. The molecule has 0 aliphatic heterocycles. The normalized spacial score (nSPS) is 11.5. The van der Waals surface area contributed by atoms with E-state index >= 15 is 0 Å². The third-order valence-electron chi connectivity index (χ3n) is 2.99. The van der Waals surface area contributed by atoms with Crippen molar-refractivity contribution >= 4 is 5.78 Å². The number of hydrogen-bond donors (Lipinski definition) is 1. The molecule has 2 aromatic rings. The van der Waals surface area contributed by atoms with Crippen LogP contribution in [0.3, 0.4) is 0 Å². The Bertz CT molecular complexity index is 662. The van der Waals surface area contributed by atoms with Crippen molar-refractivity contribution < 1.29 is 22.4 Å². The highest BCUT2D eigenvalue weighted by atomic mass is 19.4. The van der Waals surface area contributed by atoms with Crippen LogP contribution in [0.25, 0.3) is 0 Å². The zero-order chi connectivity index (χ0) is 15.6. The first-order chi connectivity index (χ1) is 9.82. The fraction of sp³-hybridized carbons (Fsp3) is 0.133. The van der Waals surface area contributed by atoms with Crippen molar-refractivity contribution in [2.45, 2.75) is 12.7 Å². The van der Waals surface area contributed by atoms with Crippen molar-refractivity contribution in [3.63, 3.8) is 0 Å². The van der Waals surface area contributed by atoms with Crippen LogP contribution in [0.1, 0.15) is 27.0 Å². The Labute approximate surface area is 118 Å². The molecule has 0 fully saturated rings. The highest BCUT2D eigenvalue weighted by molar-refractivity contribution is 6.09. The standard InChI is InChI=1S/C15H11F4NO/c16-13-7-11(5-6-12(13)15(17,18)19)14(21)10-3-1-9(8-20)2-4-10/h1-7H,8,20H2. The molecule has 0 amide bonds. The summed E-state index contributed by atoms with van der Waals surface area (Å²) in [5.41, 5.74) is 4.96. The summed E-state index contributed by atoms with van der Waals surface area (Å²) in [5, 5.41) is 0. The summed E-state index contributed by atoms with van der Waals surface area (Å²) in [7, 11) is 0. The van der Waals surface area contributed by atoms with Crippen molar-refractivity contribution in [1.82, 2.24) is 0 Å². The maximum absolute atomic E-state index is 13.5. The van der Waals surface area contributed by atoms with Gasteiger partial charge in [0, 0.05) is 17.7 Å². The lowest BCUT2D eigenvalue weighted by molar-refractivity contribution is -0.140. The second-order valence-corrected chi connectivity index (χ2v) is 4.42. The molecule has 0 atom stereocenters. The lowest BCUT2D eigenvalue weighted by Crippen LogP contribution is -2.10. The Morgan fingerprint density at radius 3 is 2.05 bits per heavy atom. The van der Waals surface area contributed by atoms with E-state index < -0.39 is 23.3 Å². The maximum Gasteiger partial charge on any atom is 0.419 e. The predicted molar refractivity (Wildman–Crippen MR) is 69.2 cm³/mol. The van der Waals surface area contributed by atoms with Gasteiger partial charge in [0.15, 0.2) is 5.78 Å². The van der Waals surface area contributed by atoms with Crippen molar-refractivity contribution in [2.75, 3.05) is 0 Å². The Kier molecular flexibility index (Phi) is 4.09. The number of ketones is 1. The fourth-order valence-electron chi connectivity index (χ4n) is 1.85. The van der Waals surface area contributed by atoms with Gasteiger partial charge >= 0.3 is 6.18 Å². The quantitative estimate of drug-likeness (QED) is 0.695. The molecule has 0 saturated carbocycles. The zero-order valence-electron chi connectivity index (χ0n) is 10.7. The van der Waals surface area contributed by atoms with E-state index in [4.69, 9.17) is 5.73 Å². The van der Waals surface area contributed by atoms with Gasteiger partial charge in [-0.3, -0.25) is 4.79 Å². The molecule has 2 rings (SSSR count). The van der Waals surface area contributed by atoms with Crippen molar-refractivity contribution in [2.24, 2.45) is 5.73 Å². The van der Waals surface area contributed by atoms with Crippen molar-refractivity contribution in [3.05, 3.63) is 70.5 Å². The van der Waals surface area contributed by atoms with E-state index in [-0.39, 0.29) is 11.1 Å². The first kappa shape index (κ1) is 15.2. The van der Waals surface area contributed by atoms with E-state index in [2.05, 4.69) is 0 Å². The van der Waals surface area contributed by atoms with Gasteiger partial charge in [0.2, 0.25) is 0 Å². The van der Waals surface area contributed by atoms with Crippen molar-refractivity contribution in [3.8, 4) is 0 Å². The second kappa shape index (κ2) is 5.65. The Hall–Kier alpha value is -2.21. The molecule has 110 valence electrons. The molecule has 0 spiro atoms. The monoisotopic (exact) mass is 297 g/mol. The molecule has 0 aliphatic rings. The number of halogens is 4. The first-order valence-electron chi connectivity index (χ1n) is 6.03. The summed E-state index contributed by atoms with van der Waals surface area (Å²) in [5.74, 6) is -2.02. The lowest BCUT2D eigenvalue weighted by Gasteiger charge is -2.09. The van der Waals surface area contributed by atoms with Gasteiger partial charge in [-0.2, -0.15) is 13.2 Å². The second-order valence-electron chi connectivity index (χ2n) is 4.42. The van der Waals surface area contributed by atoms with E-state index in [1.807, 2.05) is 0 Å². The summed E-state index contributed by atoms with van der Waals surface area (Å²) < 4.78 is 50.8. The summed E-state index contributed by atoms with van der Waals surface area (Å²) in [6, 6.07) is 8.39. The lowest BCUT2D eigenvalue weighted by atomic mass is 10.0. The van der Waals surface area contributed by atoms with Gasteiger partial charge < -0.3 is 5.73 Å². The van der Waals surface area contributed by atoms with Gasteiger partial charge in [0.25, 0.3) is 0 Å². The number of alkyl halides is 3. The largest absolute Gasteiger partial charge is 0.419 e. The molecule has 0 unspecified atom stereocenters. The Morgan fingerprint density at radius 1 is 1.00 bits per heavy atom. The molecule has 2 nitrogen and oxygen atoms in total. The van der Waals surface area contributed by atoms with Crippen LogP contribution in [-0.4, -0.2) is 5.78 Å². The van der Waals surface area contributed by atoms with Crippen LogP contribution in [0, 0.1) is 5.82 Å². The van der Waals surface area contributed by atoms with Crippen LogP contribution in [0.4, 0.5) is 17.6 Å². The average Bonchev–Trinajstić information content (AvgIpc) is 2.45. The van der Waals surface area contributed by atoms with Crippen LogP contribution >= 0.6 is 0 Å². The molecule has 0 heterocycles.